The first-order chi connectivity index (χ1) is 11.9. The summed E-state index contributed by atoms with van der Waals surface area (Å²) in [6, 6.07) is 8.54. The minimum Gasteiger partial charge on any atom is -0.480 e. The van der Waals surface area contributed by atoms with Crippen molar-refractivity contribution in [2.24, 2.45) is 0 Å². The van der Waals surface area contributed by atoms with E-state index < -0.39 is 12.1 Å². The molecule has 7 nitrogen and oxygen atoms in total. The van der Waals surface area contributed by atoms with E-state index >= 15 is 0 Å². The molecule has 2 atom stereocenters. The summed E-state index contributed by atoms with van der Waals surface area (Å²) in [6.07, 6.45) is 0.583. The van der Waals surface area contributed by atoms with Gasteiger partial charge in [0.1, 0.15) is 6.54 Å². The van der Waals surface area contributed by atoms with Crippen molar-refractivity contribution in [3.63, 3.8) is 0 Å². The van der Waals surface area contributed by atoms with Crippen molar-refractivity contribution >= 4 is 17.8 Å². The Kier molecular flexibility index (Phi) is 6.52. The number of aliphatic carboxylic acids is 1. The molecular formula is C18H24N2O5. The van der Waals surface area contributed by atoms with Crippen LogP contribution in [0.15, 0.2) is 30.3 Å². The first-order valence-corrected chi connectivity index (χ1v) is 8.41. The number of carbonyl (C=O) groups excluding carboxylic acids is 2. The SMILES string of the molecule is CC(=O)N(CC(=O)O)C1CCCN(C(=O)C(O)c2ccccc2)CC1. The van der Waals surface area contributed by atoms with Crippen LogP contribution in [0.3, 0.4) is 0 Å². The highest BCUT2D eigenvalue weighted by molar-refractivity contribution is 5.82. The molecule has 7 heteroatoms. The van der Waals surface area contributed by atoms with Crippen LogP contribution in [0.2, 0.25) is 0 Å². The number of likely N-dealkylation sites (tertiary alicyclic amines) is 1. The van der Waals surface area contributed by atoms with E-state index in [4.69, 9.17) is 5.11 Å². The number of benzene rings is 1. The zero-order valence-electron chi connectivity index (χ0n) is 14.3. The van der Waals surface area contributed by atoms with Crippen LogP contribution in [-0.4, -0.2) is 63.5 Å². The number of hydrogen-bond donors (Lipinski definition) is 2. The lowest BCUT2D eigenvalue weighted by atomic mass is 10.1. The number of nitrogens with zero attached hydrogens (tertiary/aromatic N) is 2. The van der Waals surface area contributed by atoms with Gasteiger partial charge in [-0.15, -0.1) is 0 Å². The molecule has 2 N–H and O–H groups in total. The van der Waals surface area contributed by atoms with Gasteiger partial charge in [0.15, 0.2) is 6.10 Å². The maximum Gasteiger partial charge on any atom is 0.323 e. The van der Waals surface area contributed by atoms with Gasteiger partial charge in [0.05, 0.1) is 0 Å². The molecule has 2 amide bonds. The Morgan fingerprint density at radius 3 is 2.48 bits per heavy atom. The largest absolute Gasteiger partial charge is 0.480 e. The van der Waals surface area contributed by atoms with Gasteiger partial charge in [0.25, 0.3) is 5.91 Å². The van der Waals surface area contributed by atoms with E-state index in [9.17, 15) is 19.5 Å². The Balaban J connectivity index is 2.01. The van der Waals surface area contributed by atoms with Crippen molar-refractivity contribution in [1.82, 2.24) is 9.80 Å². The number of amides is 2. The zero-order valence-corrected chi connectivity index (χ0v) is 14.3. The number of aliphatic hydroxyl groups excluding tert-OH is 1. The van der Waals surface area contributed by atoms with Crippen molar-refractivity contribution in [2.45, 2.75) is 38.3 Å². The van der Waals surface area contributed by atoms with E-state index in [0.717, 1.165) is 0 Å². The summed E-state index contributed by atoms with van der Waals surface area (Å²) in [4.78, 5) is 38.2. The number of carbonyl (C=O) groups is 3. The Bertz CT molecular complexity index is 619. The van der Waals surface area contributed by atoms with E-state index in [2.05, 4.69) is 0 Å². The van der Waals surface area contributed by atoms with E-state index in [1.165, 1.54) is 11.8 Å². The average Bonchev–Trinajstić information content (AvgIpc) is 2.84. The fourth-order valence-corrected chi connectivity index (χ4v) is 3.20. The summed E-state index contributed by atoms with van der Waals surface area (Å²) in [5, 5.41) is 19.3. The molecule has 1 aromatic rings. The molecule has 0 aliphatic carbocycles. The fraction of sp³-hybridized carbons (Fsp3) is 0.500. The van der Waals surface area contributed by atoms with Gasteiger partial charge in [0, 0.05) is 26.1 Å². The van der Waals surface area contributed by atoms with Gasteiger partial charge in [-0.3, -0.25) is 14.4 Å². The van der Waals surface area contributed by atoms with Crippen LogP contribution in [0.4, 0.5) is 0 Å². The number of carboxylic acids is 1. The predicted octanol–water partition coefficient (Wildman–Crippen LogP) is 1.03. The zero-order chi connectivity index (χ0) is 18.4. The first-order valence-electron chi connectivity index (χ1n) is 8.41. The molecule has 0 spiro atoms. The van der Waals surface area contributed by atoms with Crippen molar-refractivity contribution in [1.29, 1.82) is 0 Å². The summed E-state index contributed by atoms with van der Waals surface area (Å²) in [5.74, 6) is -1.69. The van der Waals surface area contributed by atoms with Gasteiger partial charge in [-0.1, -0.05) is 30.3 Å². The molecule has 0 aromatic heterocycles. The summed E-state index contributed by atoms with van der Waals surface area (Å²) >= 11 is 0. The Morgan fingerprint density at radius 2 is 1.88 bits per heavy atom. The van der Waals surface area contributed by atoms with E-state index in [1.807, 2.05) is 6.07 Å². The van der Waals surface area contributed by atoms with Crippen LogP contribution < -0.4 is 0 Å². The molecular weight excluding hydrogens is 324 g/mol. The molecule has 1 aliphatic heterocycles. The van der Waals surface area contributed by atoms with E-state index in [-0.39, 0.29) is 24.4 Å². The van der Waals surface area contributed by atoms with Crippen molar-refractivity contribution in [3.8, 4) is 0 Å². The molecule has 1 aromatic carbocycles. The number of rotatable bonds is 5. The summed E-state index contributed by atoms with van der Waals surface area (Å²) in [5.41, 5.74) is 0.546. The third kappa shape index (κ3) is 5.03. The molecule has 2 rings (SSSR count). The highest BCUT2D eigenvalue weighted by Crippen LogP contribution is 2.21. The van der Waals surface area contributed by atoms with Crippen LogP contribution >= 0.6 is 0 Å². The number of carboxylic acid groups (broad SMARTS) is 1. The Morgan fingerprint density at radius 1 is 1.20 bits per heavy atom. The van der Waals surface area contributed by atoms with Crippen LogP contribution in [0.1, 0.15) is 37.9 Å². The number of aliphatic hydroxyl groups is 1. The van der Waals surface area contributed by atoms with Gasteiger partial charge in [0.2, 0.25) is 5.91 Å². The minimum absolute atomic E-state index is 0.208. The molecule has 0 saturated carbocycles. The van der Waals surface area contributed by atoms with Gasteiger partial charge >= 0.3 is 5.97 Å². The topological polar surface area (TPSA) is 98.2 Å². The van der Waals surface area contributed by atoms with Crippen molar-refractivity contribution in [3.05, 3.63) is 35.9 Å². The Labute approximate surface area is 146 Å². The van der Waals surface area contributed by atoms with Crippen LogP contribution in [0.5, 0.6) is 0 Å². The van der Waals surface area contributed by atoms with Crippen LogP contribution in [-0.2, 0) is 14.4 Å². The normalized spacial score (nSPS) is 19.0. The second-order valence-electron chi connectivity index (χ2n) is 6.26. The minimum atomic E-state index is -1.21. The molecule has 1 saturated heterocycles. The van der Waals surface area contributed by atoms with Gasteiger partial charge in [-0.2, -0.15) is 0 Å². The lowest BCUT2D eigenvalue weighted by Crippen LogP contribution is -2.43. The maximum atomic E-state index is 12.5. The fourth-order valence-electron chi connectivity index (χ4n) is 3.20. The van der Waals surface area contributed by atoms with E-state index in [0.29, 0.717) is 37.9 Å². The molecule has 1 fully saturated rings. The smallest absolute Gasteiger partial charge is 0.323 e. The van der Waals surface area contributed by atoms with Gasteiger partial charge in [-0.05, 0) is 24.8 Å². The lowest BCUT2D eigenvalue weighted by Gasteiger charge is -2.29. The quantitative estimate of drug-likeness (QED) is 0.828. The highest BCUT2D eigenvalue weighted by atomic mass is 16.4. The summed E-state index contributed by atoms with van der Waals surface area (Å²) in [6.45, 7) is 1.89. The summed E-state index contributed by atoms with van der Waals surface area (Å²) < 4.78 is 0. The van der Waals surface area contributed by atoms with Crippen LogP contribution in [0, 0.1) is 0 Å². The summed E-state index contributed by atoms with van der Waals surface area (Å²) in [7, 11) is 0. The third-order valence-electron chi connectivity index (χ3n) is 4.51. The second-order valence-corrected chi connectivity index (χ2v) is 6.26. The van der Waals surface area contributed by atoms with Crippen molar-refractivity contribution in [2.75, 3.05) is 19.6 Å². The van der Waals surface area contributed by atoms with Crippen LogP contribution in [0.25, 0.3) is 0 Å². The van der Waals surface area contributed by atoms with Crippen molar-refractivity contribution < 1.29 is 24.6 Å². The number of hydrogen-bond acceptors (Lipinski definition) is 4. The Hall–Kier alpha value is -2.41. The first kappa shape index (κ1) is 18.9. The maximum absolute atomic E-state index is 12.5. The third-order valence-corrected chi connectivity index (χ3v) is 4.51. The van der Waals surface area contributed by atoms with Gasteiger partial charge < -0.3 is 20.0 Å². The highest BCUT2D eigenvalue weighted by Gasteiger charge is 2.30. The molecule has 2 unspecified atom stereocenters. The van der Waals surface area contributed by atoms with Gasteiger partial charge in [-0.25, -0.2) is 0 Å². The molecule has 1 aliphatic rings. The average molecular weight is 348 g/mol. The molecule has 0 radical (unpaired) electrons. The molecule has 25 heavy (non-hydrogen) atoms. The molecule has 136 valence electrons. The lowest BCUT2D eigenvalue weighted by molar-refractivity contribution is -0.145. The standard InChI is InChI=1S/C18H24N2O5/c1-13(21)20(12-16(22)23)15-8-5-10-19(11-9-15)18(25)17(24)14-6-3-2-4-7-14/h2-4,6-7,15,17,24H,5,8-12H2,1H3,(H,22,23). The predicted molar refractivity (Wildman–Crippen MR) is 90.6 cm³/mol. The second kappa shape index (κ2) is 8.62. The monoisotopic (exact) mass is 348 g/mol. The molecule has 0 bridgehead atoms. The van der Waals surface area contributed by atoms with E-state index in [1.54, 1.807) is 29.2 Å². The molecule has 1 heterocycles.